The molecule has 0 aliphatic rings. The summed E-state index contributed by atoms with van der Waals surface area (Å²) in [6.45, 7) is 2.72. The minimum atomic E-state index is -0.674. The van der Waals surface area contributed by atoms with Crippen LogP contribution in [0.1, 0.15) is 40.0 Å². The molecular weight excluding hydrogens is 404 g/mol. The first-order valence-corrected chi connectivity index (χ1v) is 10.4. The summed E-state index contributed by atoms with van der Waals surface area (Å²) in [5.41, 5.74) is 3.36. The van der Waals surface area contributed by atoms with Crippen LogP contribution in [0.4, 0.5) is 5.69 Å². The van der Waals surface area contributed by atoms with Crippen molar-refractivity contribution in [2.45, 2.75) is 26.3 Å². The molecule has 3 rings (SSSR count). The largest absolute Gasteiger partial charge is 0.452 e. The van der Waals surface area contributed by atoms with Crippen LogP contribution < -0.4 is 10.6 Å². The number of nitrogens with one attached hydrogen (secondary N) is 2. The summed E-state index contributed by atoms with van der Waals surface area (Å²) in [5.74, 6) is -1.37. The molecule has 3 aromatic rings. The van der Waals surface area contributed by atoms with Crippen molar-refractivity contribution in [3.8, 4) is 0 Å². The van der Waals surface area contributed by atoms with Crippen molar-refractivity contribution >= 4 is 23.5 Å². The average Bonchev–Trinajstić information content (AvgIpc) is 2.79. The first-order chi connectivity index (χ1) is 15.4. The van der Waals surface area contributed by atoms with Gasteiger partial charge in [-0.15, -0.1) is 0 Å². The average molecular weight is 431 g/mol. The fraction of sp³-hybridized carbons (Fsp3) is 0.192. The lowest BCUT2D eigenvalue weighted by molar-refractivity contribution is -0.125. The lowest BCUT2D eigenvalue weighted by atomic mass is 9.99. The van der Waals surface area contributed by atoms with Crippen LogP contribution in [0, 0.1) is 6.92 Å². The Balaban J connectivity index is 1.67. The van der Waals surface area contributed by atoms with Crippen LogP contribution in [0.25, 0.3) is 0 Å². The number of carbonyl (C=O) groups excluding carboxylic acids is 3. The van der Waals surface area contributed by atoms with Gasteiger partial charge in [-0.1, -0.05) is 72.8 Å². The molecule has 0 radical (unpaired) electrons. The van der Waals surface area contributed by atoms with Gasteiger partial charge in [0.05, 0.1) is 17.3 Å². The van der Waals surface area contributed by atoms with Gasteiger partial charge in [0.25, 0.3) is 5.91 Å². The molecule has 6 nitrogen and oxygen atoms in total. The van der Waals surface area contributed by atoms with Crippen LogP contribution in [0.2, 0.25) is 0 Å². The predicted molar refractivity (Wildman–Crippen MR) is 123 cm³/mol. The molecule has 0 aliphatic carbocycles. The molecule has 2 amide bonds. The van der Waals surface area contributed by atoms with E-state index in [0.29, 0.717) is 12.1 Å². The highest BCUT2D eigenvalue weighted by atomic mass is 16.5. The van der Waals surface area contributed by atoms with E-state index in [2.05, 4.69) is 10.6 Å². The summed E-state index contributed by atoms with van der Waals surface area (Å²) in [6, 6.07) is 24.3. The van der Waals surface area contributed by atoms with Crippen molar-refractivity contribution in [2.75, 3.05) is 11.9 Å². The van der Waals surface area contributed by atoms with Gasteiger partial charge in [-0.2, -0.15) is 0 Å². The molecule has 164 valence electrons. The molecule has 0 aliphatic heterocycles. The van der Waals surface area contributed by atoms with Gasteiger partial charge in [0.15, 0.2) is 6.61 Å². The number of anilines is 1. The smallest absolute Gasteiger partial charge is 0.340 e. The van der Waals surface area contributed by atoms with E-state index >= 15 is 0 Å². The molecule has 0 saturated heterocycles. The summed E-state index contributed by atoms with van der Waals surface area (Å²) in [5, 5.41) is 5.61. The lowest BCUT2D eigenvalue weighted by Gasteiger charge is -2.20. The van der Waals surface area contributed by atoms with Gasteiger partial charge in [-0.05, 0) is 36.1 Å². The van der Waals surface area contributed by atoms with Crippen LogP contribution in [-0.2, 0) is 20.7 Å². The van der Waals surface area contributed by atoms with Gasteiger partial charge in [0.2, 0.25) is 5.91 Å². The number of carbonyl (C=O) groups is 3. The number of amides is 2. The number of hydrogen-bond acceptors (Lipinski definition) is 4. The van der Waals surface area contributed by atoms with Gasteiger partial charge >= 0.3 is 5.97 Å². The number of ether oxygens (including phenoxy) is 1. The molecule has 32 heavy (non-hydrogen) atoms. The van der Waals surface area contributed by atoms with E-state index in [1.54, 1.807) is 25.1 Å². The zero-order valence-electron chi connectivity index (χ0n) is 18.1. The van der Waals surface area contributed by atoms with E-state index in [4.69, 9.17) is 4.74 Å². The van der Waals surface area contributed by atoms with Crippen molar-refractivity contribution < 1.29 is 19.1 Å². The number of esters is 1. The molecule has 0 bridgehead atoms. The Morgan fingerprint density at radius 2 is 1.53 bits per heavy atom. The first kappa shape index (κ1) is 22.7. The fourth-order valence-electron chi connectivity index (χ4n) is 3.41. The Labute approximate surface area is 187 Å². The van der Waals surface area contributed by atoms with Crippen LogP contribution >= 0.6 is 0 Å². The van der Waals surface area contributed by atoms with E-state index < -0.39 is 18.5 Å². The summed E-state index contributed by atoms with van der Waals surface area (Å²) in [4.78, 5) is 36.7. The van der Waals surface area contributed by atoms with Gasteiger partial charge in [-0.25, -0.2) is 4.79 Å². The minimum absolute atomic E-state index is 0.205. The Morgan fingerprint density at radius 3 is 2.19 bits per heavy atom. The molecule has 2 N–H and O–H groups in total. The Kier molecular flexibility index (Phi) is 7.75. The topological polar surface area (TPSA) is 84.5 Å². The third kappa shape index (κ3) is 6.28. The highest BCUT2D eigenvalue weighted by molar-refractivity contribution is 6.02. The van der Waals surface area contributed by atoms with Gasteiger partial charge < -0.3 is 15.4 Å². The van der Waals surface area contributed by atoms with Gasteiger partial charge in [-0.3, -0.25) is 9.59 Å². The normalized spacial score (nSPS) is 11.3. The second-order valence-corrected chi connectivity index (χ2v) is 7.48. The van der Waals surface area contributed by atoms with E-state index in [-0.39, 0.29) is 17.5 Å². The molecule has 1 unspecified atom stereocenters. The quantitative estimate of drug-likeness (QED) is 0.525. The number of aryl methyl sites for hydroxylation is 1. The minimum Gasteiger partial charge on any atom is -0.452 e. The zero-order chi connectivity index (χ0) is 22.9. The first-order valence-electron chi connectivity index (χ1n) is 10.4. The van der Waals surface area contributed by atoms with Gasteiger partial charge in [0.1, 0.15) is 0 Å². The highest BCUT2D eigenvalue weighted by Crippen LogP contribution is 2.22. The Hall–Kier alpha value is -3.93. The monoisotopic (exact) mass is 430 g/mol. The zero-order valence-corrected chi connectivity index (χ0v) is 18.1. The van der Waals surface area contributed by atoms with E-state index in [0.717, 1.165) is 16.7 Å². The second-order valence-electron chi connectivity index (χ2n) is 7.48. The molecule has 6 heteroatoms. The summed E-state index contributed by atoms with van der Waals surface area (Å²) in [6.07, 6.45) is 0.606. The standard InChI is InChI=1S/C26H26N2O4/c1-18-10-9-15-22(25(18)27-19(2)29)26(31)32-17-24(30)28-23(21-13-7-4-8-14-21)16-20-11-5-3-6-12-20/h3-15,23H,16-17H2,1-2H3,(H,27,29)(H,28,30). The van der Waals surface area contributed by atoms with Crippen molar-refractivity contribution in [1.82, 2.24) is 5.32 Å². The second kappa shape index (κ2) is 10.9. The van der Waals surface area contributed by atoms with Crippen LogP contribution in [0.15, 0.2) is 78.9 Å². The maximum absolute atomic E-state index is 12.6. The molecule has 1 atom stereocenters. The molecule has 0 fully saturated rings. The number of para-hydroxylation sites is 1. The SMILES string of the molecule is CC(=O)Nc1c(C)cccc1C(=O)OCC(=O)NC(Cc1ccccc1)c1ccccc1. The van der Waals surface area contributed by atoms with Crippen LogP contribution in [-0.4, -0.2) is 24.4 Å². The maximum Gasteiger partial charge on any atom is 0.340 e. The third-order valence-corrected chi connectivity index (χ3v) is 4.95. The third-order valence-electron chi connectivity index (χ3n) is 4.95. The van der Waals surface area contributed by atoms with Crippen LogP contribution in [0.5, 0.6) is 0 Å². The van der Waals surface area contributed by atoms with Crippen molar-refractivity contribution in [1.29, 1.82) is 0 Å². The van der Waals surface area contributed by atoms with Crippen molar-refractivity contribution in [3.63, 3.8) is 0 Å². The number of benzene rings is 3. The summed E-state index contributed by atoms with van der Waals surface area (Å²) < 4.78 is 5.25. The molecule has 0 saturated carbocycles. The van der Waals surface area contributed by atoms with E-state index in [9.17, 15) is 14.4 Å². The molecule has 0 spiro atoms. The van der Waals surface area contributed by atoms with Crippen molar-refractivity contribution in [3.05, 3.63) is 101 Å². The fourth-order valence-corrected chi connectivity index (χ4v) is 3.41. The van der Waals surface area contributed by atoms with Gasteiger partial charge in [0, 0.05) is 6.92 Å². The Morgan fingerprint density at radius 1 is 0.875 bits per heavy atom. The van der Waals surface area contributed by atoms with E-state index in [1.807, 2.05) is 60.7 Å². The number of rotatable bonds is 8. The molecule has 0 aromatic heterocycles. The highest BCUT2D eigenvalue weighted by Gasteiger charge is 2.19. The number of hydrogen-bond donors (Lipinski definition) is 2. The maximum atomic E-state index is 12.6. The predicted octanol–water partition coefficient (Wildman–Crippen LogP) is 4.21. The lowest BCUT2D eigenvalue weighted by Crippen LogP contribution is -2.33. The van der Waals surface area contributed by atoms with E-state index in [1.165, 1.54) is 6.92 Å². The molecule has 0 heterocycles. The summed E-state index contributed by atoms with van der Waals surface area (Å²) in [7, 11) is 0. The Bertz CT molecular complexity index is 1080. The van der Waals surface area contributed by atoms with Crippen molar-refractivity contribution in [2.24, 2.45) is 0 Å². The van der Waals surface area contributed by atoms with Crippen LogP contribution in [0.3, 0.4) is 0 Å². The molecule has 3 aromatic carbocycles. The summed E-state index contributed by atoms with van der Waals surface area (Å²) >= 11 is 0. The molecular formula is C26H26N2O4.